The van der Waals surface area contributed by atoms with E-state index in [1.165, 1.54) is 25.7 Å². The minimum atomic E-state index is 0.121. The van der Waals surface area contributed by atoms with Gasteiger partial charge in [0.2, 0.25) is 11.8 Å². The van der Waals surface area contributed by atoms with Gasteiger partial charge in [-0.25, -0.2) is 0 Å². The number of nitrogens with zero attached hydrogens (tertiary/aromatic N) is 2. The smallest absolute Gasteiger partial charge is 0.227 e. The fraction of sp³-hybridized carbons (Fsp3) is 0.600. The van der Waals surface area contributed by atoms with Gasteiger partial charge in [-0.2, -0.15) is 0 Å². The summed E-state index contributed by atoms with van der Waals surface area (Å²) in [5.74, 6) is 1.75. The van der Waals surface area contributed by atoms with Gasteiger partial charge in [0.15, 0.2) is 0 Å². The molecule has 2 fully saturated rings. The Labute approximate surface area is 149 Å². The van der Waals surface area contributed by atoms with Crippen LogP contribution in [0.4, 0.5) is 0 Å². The molecule has 1 saturated heterocycles. The minimum absolute atomic E-state index is 0.121. The molecular weight excluding hydrogens is 316 g/mol. The summed E-state index contributed by atoms with van der Waals surface area (Å²) in [6.07, 6.45) is 6.01. The van der Waals surface area contributed by atoms with E-state index in [-0.39, 0.29) is 11.8 Å². The molecule has 1 aliphatic carbocycles. The molecule has 0 N–H and O–H groups in total. The predicted octanol–water partition coefficient (Wildman–Crippen LogP) is 2.49. The van der Waals surface area contributed by atoms with Crippen molar-refractivity contribution in [2.24, 2.45) is 5.92 Å². The Morgan fingerprint density at radius 3 is 2.32 bits per heavy atom. The molecule has 2 aliphatic rings. The fourth-order valence-electron chi connectivity index (χ4n) is 3.86. The fourth-order valence-corrected chi connectivity index (χ4v) is 3.86. The lowest BCUT2D eigenvalue weighted by Crippen LogP contribution is -2.51. The van der Waals surface area contributed by atoms with Gasteiger partial charge in [0.05, 0.1) is 13.5 Å². The van der Waals surface area contributed by atoms with Gasteiger partial charge in [-0.3, -0.25) is 9.59 Å². The molecular formula is C20H28N2O3. The molecule has 0 atom stereocenters. The topological polar surface area (TPSA) is 49.9 Å². The maximum atomic E-state index is 12.5. The van der Waals surface area contributed by atoms with Crippen molar-refractivity contribution in [3.8, 4) is 5.75 Å². The zero-order valence-corrected chi connectivity index (χ0v) is 15.1. The predicted molar refractivity (Wildman–Crippen MR) is 96.4 cm³/mol. The van der Waals surface area contributed by atoms with Crippen LogP contribution in [0, 0.1) is 5.92 Å². The second-order valence-corrected chi connectivity index (χ2v) is 7.14. The minimum Gasteiger partial charge on any atom is -0.497 e. The number of benzene rings is 1. The number of carbonyl (C=O) groups is 2. The molecule has 1 saturated carbocycles. The highest BCUT2D eigenvalue weighted by Crippen LogP contribution is 2.28. The summed E-state index contributed by atoms with van der Waals surface area (Å²) in [6.45, 7) is 2.60. The summed E-state index contributed by atoms with van der Waals surface area (Å²) in [6, 6.07) is 7.63. The molecule has 136 valence electrons. The van der Waals surface area contributed by atoms with Crippen LogP contribution in [-0.2, 0) is 16.0 Å². The first-order valence-electron chi connectivity index (χ1n) is 9.34. The van der Waals surface area contributed by atoms with Crippen molar-refractivity contribution in [1.29, 1.82) is 0 Å². The molecule has 0 radical (unpaired) electrons. The van der Waals surface area contributed by atoms with Gasteiger partial charge in [-0.05, 0) is 36.5 Å². The summed E-state index contributed by atoms with van der Waals surface area (Å²) in [5.41, 5.74) is 0.962. The summed E-state index contributed by atoms with van der Waals surface area (Å²) in [5, 5.41) is 0. The number of piperazine rings is 1. The first-order valence-corrected chi connectivity index (χ1v) is 9.34. The van der Waals surface area contributed by atoms with Gasteiger partial charge < -0.3 is 14.5 Å². The average molecular weight is 344 g/mol. The van der Waals surface area contributed by atoms with Gasteiger partial charge in [0, 0.05) is 32.6 Å². The lowest BCUT2D eigenvalue weighted by molar-refractivity contribution is -0.139. The monoisotopic (exact) mass is 344 g/mol. The summed E-state index contributed by atoms with van der Waals surface area (Å²) >= 11 is 0. The summed E-state index contributed by atoms with van der Waals surface area (Å²) < 4.78 is 5.21. The zero-order chi connectivity index (χ0) is 17.6. The third-order valence-electron chi connectivity index (χ3n) is 5.41. The number of methoxy groups -OCH3 is 1. The number of ether oxygens (including phenoxy) is 1. The zero-order valence-electron chi connectivity index (χ0n) is 15.1. The van der Waals surface area contributed by atoms with Gasteiger partial charge in [0.25, 0.3) is 0 Å². The van der Waals surface area contributed by atoms with Crippen LogP contribution in [0.1, 0.15) is 37.7 Å². The van der Waals surface area contributed by atoms with E-state index in [4.69, 9.17) is 4.74 Å². The Morgan fingerprint density at radius 1 is 1.04 bits per heavy atom. The van der Waals surface area contributed by atoms with Crippen LogP contribution >= 0.6 is 0 Å². The maximum Gasteiger partial charge on any atom is 0.227 e. The molecule has 1 aliphatic heterocycles. The molecule has 0 spiro atoms. The van der Waals surface area contributed by atoms with Gasteiger partial charge in [-0.15, -0.1) is 0 Å². The van der Waals surface area contributed by atoms with Crippen LogP contribution < -0.4 is 4.74 Å². The van der Waals surface area contributed by atoms with Crippen molar-refractivity contribution < 1.29 is 14.3 Å². The van der Waals surface area contributed by atoms with E-state index >= 15 is 0 Å². The lowest BCUT2D eigenvalue weighted by Gasteiger charge is -2.35. The molecule has 1 aromatic rings. The van der Waals surface area contributed by atoms with E-state index in [1.54, 1.807) is 7.11 Å². The largest absolute Gasteiger partial charge is 0.497 e. The molecule has 0 unspecified atom stereocenters. The number of hydrogen-bond donors (Lipinski definition) is 0. The van der Waals surface area contributed by atoms with Crippen molar-refractivity contribution in [3.05, 3.63) is 29.8 Å². The Bertz CT molecular complexity index is 603. The van der Waals surface area contributed by atoms with E-state index < -0.39 is 0 Å². The highest BCUT2D eigenvalue weighted by Gasteiger charge is 2.26. The van der Waals surface area contributed by atoms with Crippen molar-refractivity contribution >= 4 is 11.8 Å². The molecule has 25 heavy (non-hydrogen) atoms. The van der Waals surface area contributed by atoms with Crippen LogP contribution in [0.5, 0.6) is 5.75 Å². The highest BCUT2D eigenvalue weighted by atomic mass is 16.5. The second-order valence-electron chi connectivity index (χ2n) is 7.14. The highest BCUT2D eigenvalue weighted by molar-refractivity contribution is 5.80. The normalized spacial score (nSPS) is 18.4. The van der Waals surface area contributed by atoms with Gasteiger partial charge in [0.1, 0.15) is 5.75 Å². The number of amides is 2. The van der Waals surface area contributed by atoms with Gasteiger partial charge in [-0.1, -0.05) is 25.0 Å². The third kappa shape index (κ3) is 4.74. The summed E-state index contributed by atoms with van der Waals surface area (Å²) in [4.78, 5) is 28.7. The lowest BCUT2D eigenvalue weighted by atomic mass is 10.0. The molecule has 1 heterocycles. The van der Waals surface area contributed by atoms with Crippen LogP contribution in [0.25, 0.3) is 0 Å². The van der Waals surface area contributed by atoms with E-state index in [1.807, 2.05) is 34.1 Å². The third-order valence-corrected chi connectivity index (χ3v) is 5.41. The molecule has 0 aromatic heterocycles. The first-order chi connectivity index (χ1) is 12.2. The Balaban J connectivity index is 1.46. The molecule has 2 amide bonds. The van der Waals surface area contributed by atoms with E-state index in [0.717, 1.165) is 11.3 Å². The van der Waals surface area contributed by atoms with E-state index in [0.29, 0.717) is 44.9 Å². The SMILES string of the molecule is COc1cccc(CC(=O)N2CCN(C(=O)CC3CCCC3)CC2)c1. The van der Waals surface area contributed by atoms with Crippen molar-refractivity contribution in [1.82, 2.24) is 9.80 Å². The molecule has 5 heteroatoms. The van der Waals surface area contributed by atoms with Crippen LogP contribution in [0.15, 0.2) is 24.3 Å². The Hall–Kier alpha value is -2.04. The molecule has 5 nitrogen and oxygen atoms in total. The molecule has 0 bridgehead atoms. The Kier molecular flexibility index (Phi) is 5.95. The van der Waals surface area contributed by atoms with E-state index in [9.17, 15) is 9.59 Å². The van der Waals surface area contributed by atoms with Crippen molar-refractivity contribution in [2.45, 2.75) is 38.5 Å². The molecule has 1 aromatic carbocycles. The van der Waals surface area contributed by atoms with E-state index in [2.05, 4.69) is 0 Å². The van der Waals surface area contributed by atoms with Crippen LogP contribution in [0.2, 0.25) is 0 Å². The van der Waals surface area contributed by atoms with Crippen molar-refractivity contribution in [2.75, 3.05) is 33.3 Å². The standard InChI is InChI=1S/C20H28N2O3/c1-25-18-8-4-7-17(13-18)15-20(24)22-11-9-21(10-12-22)19(23)14-16-5-2-3-6-16/h4,7-8,13,16H,2-3,5-6,9-12,14-15H2,1H3. The molecule has 3 rings (SSSR count). The van der Waals surface area contributed by atoms with Gasteiger partial charge >= 0.3 is 0 Å². The second kappa shape index (κ2) is 8.37. The average Bonchev–Trinajstić information content (AvgIpc) is 3.15. The quantitative estimate of drug-likeness (QED) is 0.825. The summed E-state index contributed by atoms with van der Waals surface area (Å²) in [7, 11) is 1.63. The number of carbonyl (C=O) groups excluding carboxylic acids is 2. The number of rotatable bonds is 5. The number of hydrogen-bond acceptors (Lipinski definition) is 3. The van der Waals surface area contributed by atoms with Crippen LogP contribution in [0.3, 0.4) is 0 Å². The van der Waals surface area contributed by atoms with Crippen LogP contribution in [-0.4, -0.2) is 54.9 Å². The van der Waals surface area contributed by atoms with Crippen molar-refractivity contribution in [3.63, 3.8) is 0 Å². The maximum absolute atomic E-state index is 12.5. The Morgan fingerprint density at radius 2 is 1.68 bits per heavy atom. The first kappa shape index (κ1) is 17.8.